The van der Waals surface area contributed by atoms with Crippen molar-refractivity contribution in [1.82, 2.24) is 10.2 Å². The minimum absolute atomic E-state index is 0.185. The summed E-state index contributed by atoms with van der Waals surface area (Å²) >= 11 is 5.99. The van der Waals surface area contributed by atoms with Crippen molar-refractivity contribution in [2.45, 2.75) is 32.1 Å². The molecule has 3 rings (SSSR count). The summed E-state index contributed by atoms with van der Waals surface area (Å²) in [6.07, 6.45) is 7.70. The van der Waals surface area contributed by atoms with Gasteiger partial charge in [0.1, 0.15) is 6.54 Å². The Balaban J connectivity index is 1.55. The SMILES string of the molecule is O=C(CN1C(=O)c2cccc(Cl)c2C1=O)NCCC1=CCCCC1. The van der Waals surface area contributed by atoms with E-state index in [9.17, 15) is 14.4 Å². The van der Waals surface area contributed by atoms with Crippen LogP contribution in [0.4, 0.5) is 0 Å². The van der Waals surface area contributed by atoms with Crippen molar-refractivity contribution in [2.24, 2.45) is 0 Å². The fourth-order valence-electron chi connectivity index (χ4n) is 3.13. The molecule has 1 aliphatic carbocycles. The number of fused-ring (bicyclic) bond motifs is 1. The molecular weight excluding hydrogens is 328 g/mol. The lowest BCUT2D eigenvalue weighted by molar-refractivity contribution is -0.121. The summed E-state index contributed by atoms with van der Waals surface area (Å²) in [6.45, 7) is 0.246. The van der Waals surface area contributed by atoms with E-state index in [1.165, 1.54) is 18.4 Å². The van der Waals surface area contributed by atoms with Crippen LogP contribution in [0.15, 0.2) is 29.8 Å². The van der Waals surface area contributed by atoms with E-state index < -0.39 is 11.8 Å². The summed E-state index contributed by atoms with van der Waals surface area (Å²) in [6, 6.07) is 4.73. The third-order valence-corrected chi connectivity index (χ3v) is 4.72. The molecule has 0 radical (unpaired) electrons. The highest BCUT2D eigenvalue weighted by atomic mass is 35.5. The number of hydrogen-bond acceptors (Lipinski definition) is 3. The molecule has 0 saturated heterocycles. The Labute approximate surface area is 145 Å². The first kappa shape index (κ1) is 16.7. The van der Waals surface area contributed by atoms with Gasteiger partial charge in [0, 0.05) is 6.54 Å². The second-order valence-corrected chi connectivity index (χ2v) is 6.47. The number of nitrogens with zero attached hydrogens (tertiary/aromatic N) is 1. The number of halogens is 1. The summed E-state index contributed by atoms with van der Waals surface area (Å²) in [5, 5.41) is 3.01. The predicted molar refractivity (Wildman–Crippen MR) is 91.0 cm³/mol. The quantitative estimate of drug-likeness (QED) is 0.658. The van der Waals surface area contributed by atoms with Crippen LogP contribution in [-0.2, 0) is 4.79 Å². The first-order valence-corrected chi connectivity index (χ1v) is 8.55. The molecule has 126 valence electrons. The summed E-state index contributed by atoms with van der Waals surface area (Å²) in [5.74, 6) is -1.31. The number of hydrogen-bond donors (Lipinski definition) is 1. The van der Waals surface area contributed by atoms with Crippen LogP contribution in [-0.4, -0.2) is 35.7 Å². The van der Waals surface area contributed by atoms with Gasteiger partial charge < -0.3 is 5.32 Å². The van der Waals surface area contributed by atoms with Crippen LogP contribution in [0.1, 0.15) is 52.8 Å². The number of amides is 3. The molecule has 6 heteroatoms. The van der Waals surface area contributed by atoms with Gasteiger partial charge in [-0.1, -0.05) is 29.3 Å². The first-order chi connectivity index (χ1) is 11.6. The lowest BCUT2D eigenvalue weighted by atomic mass is 9.97. The van der Waals surface area contributed by atoms with Crippen LogP contribution in [0.2, 0.25) is 5.02 Å². The normalized spacial score (nSPS) is 16.9. The molecule has 1 heterocycles. The van der Waals surface area contributed by atoms with E-state index in [0.29, 0.717) is 6.54 Å². The summed E-state index contributed by atoms with van der Waals surface area (Å²) in [4.78, 5) is 37.6. The third-order valence-electron chi connectivity index (χ3n) is 4.40. The first-order valence-electron chi connectivity index (χ1n) is 8.17. The molecule has 1 aliphatic heterocycles. The molecule has 3 amide bonds. The molecule has 0 saturated carbocycles. The van der Waals surface area contributed by atoms with Gasteiger partial charge >= 0.3 is 0 Å². The van der Waals surface area contributed by atoms with Crippen LogP contribution >= 0.6 is 11.6 Å². The van der Waals surface area contributed by atoms with Crippen molar-refractivity contribution in [2.75, 3.05) is 13.1 Å². The molecule has 24 heavy (non-hydrogen) atoms. The highest BCUT2D eigenvalue weighted by molar-refractivity contribution is 6.37. The number of carbonyl (C=O) groups is 3. The largest absolute Gasteiger partial charge is 0.354 e. The second kappa shape index (κ2) is 7.18. The van der Waals surface area contributed by atoms with Crippen LogP contribution in [0.25, 0.3) is 0 Å². The third kappa shape index (κ3) is 3.36. The standard InChI is InChI=1S/C18H19ClN2O3/c19-14-8-4-7-13-16(14)18(24)21(17(13)23)11-15(22)20-10-9-12-5-2-1-3-6-12/h4-5,7-8H,1-3,6,9-11H2,(H,20,22). The maximum atomic E-state index is 12.3. The van der Waals surface area contributed by atoms with E-state index in [1.807, 2.05) is 0 Å². The summed E-state index contributed by atoms with van der Waals surface area (Å²) in [5.41, 5.74) is 1.81. The van der Waals surface area contributed by atoms with Crippen molar-refractivity contribution >= 4 is 29.3 Å². The van der Waals surface area contributed by atoms with Gasteiger partial charge in [0.05, 0.1) is 16.1 Å². The van der Waals surface area contributed by atoms with Gasteiger partial charge in [-0.2, -0.15) is 0 Å². The predicted octanol–water partition coefficient (Wildman–Crippen LogP) is 2.94. The molecule has 1 aromatic carbocycles. The Bertz CT molecular complexity index is 727. The Morgan fingerprint density at radius 1 is 1.21 bits per heavy atom. The lowest BCUT2D eigenvalue weighted by Gasteiger charge is -2.15. The Morgan fingerprint density at radius 2 is 2.04 bits per heavy atom. The number of benzene rings is 1. The monoisotopic (exact) mass is 346 g/mol. The number of carbonyl (C=O) groups excluding carboxylic acids is 3. The van der Waals surface area contributed by atoms with E-state index in [1.54, 1.807) is 18.2 Å². The number of rotatable bonds is 5. The molecule has 5 nitrogen and oxygen atoms in total. The van der Waals surface area contributed by atoms with Crippen LogP contribution in [0.3, 0.4) is 0 Å². The zero-order valence-electron chi connectivity index (χ0n) is 13.3. The highest BCUT2D eigenvalue weighted by Crippen LogP contribution is 2.28. The molecule has 2 aliphatic rings. The molecule has 1 N–H and O–H groups in total. The fraction of sp³-hybridized carbons (Fsp3) is 0.389. The Hall–Kier alpha value is -2.14. The number of nitrogens with one attached hydrogen (secondary N) is 1. The maximum Gasteiger partial charge on any atom is 0.263 e. The molecule has 0 fully saturated rings. The highest BCUT2D eigenvalue weighted by Gasteiger charge is 2.38. The molecule has 0 aromatic heterocycles. The van der Waals surface area contributed by atoms with E-state index in [-0.39, 0.29) is 28.6 Å². The summed E-state index contributed by atoms with van der Waals surface area (Å²) < 4.78 is 0. The van der Waals surface area contributed by atoms with Crippen molar-refractivity contribution in [3.63, 3.8) is 0 Å². The van der Waals surface area contributed by atoms with Gasteiger partial charge in [-0.25, -0.2) is 0 Å². The topological polar surface area (TPSA) is 66.5 Å². The zero-order valence-corrected chi connectivity index (χ0v) is 14.1. The fourth-order valence-corrected chi connectivity index (χ4v) is 3.38. The van der Waals surface area contributed by atoms with E-state index >= 15 is 0 Å². The zero-order chi connectivity index (χ0) is 17.1. The maximum absolute atomic E-state index is 12.3. The van der Waals surface area contributed by atoms with Gasteiger partial charge in [0.2, 0.25) is 5.91 Å². The van der Waals surface area contributed by atoms with Crippen molar-refractivity contribution < 1.29 is 14.4 Å². The van der Waals surface area contributed by atoms with Gasteiger partial charge in [0.15, 0.2) is 0 Å². The molecule has 0 spiro atoms. The average molecular weight is 347 g/mol. The van der Waals surface area contributed by atoms with Gasteiger partial charge in [0.25, 0.3) is 11.8 Å². The second-order valence-electron chi connectivity index (χ2n) is 6.07. The van der Waals surface area contributed by atoms with E-state index in [4.69, 9.17) is 11.6 Å². The van der Waals surface area contributed by atoms with Gasteiger partial charge in [-0.15, -0.1) is 0 Å². The minimum atomic E-state index is -0.509. The minimum Gasteiger partial charge on any atom is -0.354 e. The van der Waals surface area contributed by atoms with E-state index in [0.717, 1.165) is 24.2 Å². The number of imide groups is 1. The smallest absolute Gasteiger partial charge is 0.263 e. The summed E-state index contributed by atoms with van der Waals surface area (Å²) in [7, 11) is 0. The van der Waals surface area contributed by atoms with Crippen LogP contribution in [0, 0.1) is 0 Å². The van der Waals surface area contributed by atoms with Crippen molar-refractivity contribution in [3.05, 3.63) is 46.0 Å². The number of allylic oxidation sites excluding steroid dienone is 1. The Morgan fingerprint density at radius 3 is 2.75 bits per heavy atom. The van der Waals surface area contributed by atoms with Crippen LogP contribution in [0.5, 0.6) is 0 Å². The van der Waals surface area contributed by atoms with E-state index in [2.05, 4.69) is 11.4 Å². The molecular formula is C18H19ClN2O3. The van der Waals surface area contributed by atoms with Gasteiger partial charge in [-0.3, -0.25) is 19.3 Å². The van der Waals surface area contributed by atoms with Gasteiger partial charge in [-0.05, 0) is 44.2 Å². The molecule has 0 atom stereocenters. The molecule has 0 bridgehead atoms. The lowest BCUT2D eigenvalue weighted by Crippen LogP contribution is -2.40. The van der Waals surface area contributed by atoms with Crippen molar-refractivity contribution in [3.8, 4) is 0 Å². The molecule has 0 unspecified atom stereocenters. The molecule has 1 aromatic rings. The van der Waals surface area contributed by atoms with Crippen molar-refractivity contribution in [1.29, 1.82) is 0 Å². The average Bonchev–Trinajstić information content (AvgIpc) is 2.82. The Kier molecular flexibility index (Phi) is 5.00. The van der Waals surface area contributed by atoms with Crippen LogP contribution < -0.4 is 5.32 Å².